The molecule has 0 unspecified atom stereocenters. The predicted molar refractivity (Wildman–Crippen MR) is 316 cm³/mol. The first kappa shape index (κ1) is 53.7. The Morgan fingerprint density at radius 3 is 1.46 bits per heavy atom. The van der Waals surface area contributed by atoms with Gasteiger partial charge < -0.3 is 52.1 Å². The third-order valence-electron chi connectivity index (χ3n) is 16.2. The first-order valence-electron chi connectivity index (χ1n) is 28.1. The van der Waals surface area contributed by atoms with Crippen molar-refractivity contribution in [2.45, 2.75) is 58.0 Å². The number of ether oxygens (including phenoxy) is 11. The van der Waals surface area contributed by atoms with Crippen LogP contribution < -0.4 is 37.9 Å². The maximum Gasteiger partial charge on any atom is 0.178 e. The maximum absolute atomic E-state index is 8.02. The Labute approximate surface area is 475 Å². The van der Waals surface area contributed by atoms with Crippen molar-refractivity contribution in [3.63, 3.8) is 0 Å². The fourth-order valence-electron chi connectivity index (χ4n) is 13.6. The lowest BCUT2D eigenvalue weighted by molar-refractivity contribution is 0.00499. The third-order valence-corrected chi connectivity index (χ3v) is 16.2. The lowest BCUT2D eigenvalue weighted by atomic mass is 9.52. The van der Waals surface area contributed by atoms with E-state index in [4.69, 9.17) is 52.1 Å². The van der Waals surface area contributed by atoms with Crippen molar-refractivity contribution in [1.29, 1.82) is 0 Å². The van der Waals surface area contributed by atoms with Gasteiger partial charge in [0.15, 0.2) is 5.60 Å². The number of hydrogen-bond acceptors (Lipinski definition) is 11. The first-order chi connectivity index (χ1) is 39.4. The lowest BCUT2D eigenvalue weighted by Crippen LogP contribution is -2.44. The third kappa shape index (κ3) is 10.5. The lowest BCUT2D eigenvalue weighted by Gasteiger charge is -2.52. The van der Waals surface area contributed by atoms with E-state index in [1.807, 2.05) is 84.9 Å². The summed E-state index contributed by atoms with van der Waals surface area (Å²) in [5, 5.41) is 2.01. The summed E-state index contributed by atoms with van der Waals surface area (Å²) < 4.78 is 68.2. The first-order valence-corrected chi connectivity index (χ1v) is 28.1. The summed E-state index contributed by atoms with van der Waals surface area (Å²) in [7, 11) is 5.09. The minimum Gasteiger partial charge on any atom is -0.497 e. The monoisotopic (exact) mass is 1090 g/mol. The van der Waals surface area contributed by atoms with Crippen LogP contribution in [0.25, 0.3) is 39.1 Å². The molecule has 8 aromatic rings. The van der Waals surface area contributed by atoms with Crippen molar-refractivity contribution in [2.24, 2.45) is 10.8 Å². The molecule has 0 atom stereocenters. The number of rotatable bonds is 4. The van der Waals surface area contributed by atoms with E-state index in [2.05, 4.69) is 107 Å². The van der Waals surface area contributed by atoms with Crippen molar-refractivity contribution in [3.05, 3.63) is 186 Å². The number of hydrogen-bond donors (Lipinski definition) is 0. The highest BCUT2D eigenvalue weighted by Crippen LogP contribution is 2.67. The van der Waals surface area contributed by atoms with Gasteiger partial charge in [0.2, 0.25) is 0 Å². The average molecular weight is 1090 g/mol. The second kappa shape index (κ2) is 22.2. The highest BCUT2D eigenvalue weighted by atomic mass is 16.6. The van der Waals surface area contributed by atoms with Crippen LogP contribution in [0.5, 0.6) is 57.5 Å². The van der Waals surface area contributed by atoms with Crippen LogP contribution in [-0.4, -0.2) is 74.2 Å². The van der Waals surface area contributed by atoms with Gasteiger partial charge in [0.1, 0.15) is 70.7 Å². The molecule has 2 spiro atoms. The van der Waals surface area contributed by atoms with Crippen LogP contribution in [0.2, 0.25) is 0 Å². The minimum atomic E-state index is -1.13. The SMILES string of the molecule is COc1ccc(-c2cc3c4c(c5c(c3cc2OC)OC2(C=C5)c3ccc(cc3)Oc3ccc(cc3)OCCOCCOCCOCCOc3ccc(cc3)Oc3ccc2cc3)C2(CC(C)(C)CC(C)(C)C2)c2ccccc2-4)c(OC)c1. The fourth-order valence-corrected chi connectivity index (χ4v) is 13.6. The molecule has 17 rings (SSSR count). The molecule has 0 N–H and O–H groups in total. The van der Waals surface area contributed by atoms with Crippen molar-refractivity contribution in [3.8, 4) is 79.7 Å². The molecule has 0 saturated heterocycles. The molecule has 416 valence electrons. The van der Waals surface area contributed by atoms with Crippen LogP contribution in [0.15, 0.2) is 158 Å². The second-order valence-corrected chi connectivity index (χ2v) is 23.0. The number of benzene rings is 8. The Balaban J connectivity index is 1.01. The van der Waals surface area contributed by atoms with Gasteiger partial charge in [-0.05, 0) is 161 Å². The van der Waals surface area contributed by atoms with Gasteiger partial charge in [0, 0.05) is 44.7 Å². The molecule has 11 heteroatoms. The highest BCUT2D eigenvalue weighted by molar-refractivity contribution is 6.11. The van der Waals surface area contributed by atoms with Gasteiger partial charge in [-0.15, -0.1) is 0 Å². The van der Waals surface area contributed by atoms with E-state index < -0.39 is 5.60 Å². The van der Waals surface area contributed by atoms with E-state index in [1.165, 1.54) is 22.3 Å². The molecule has 9 aliphatic rings. The summed E-state index contributed by atoms with van der Waals surface area (Å²) >= 11 is 0. The van der Waals surface area contributed by atoms with Gasteiger partial charge in [-0.3, -0.25) is 0 Å². The normalized spacial score (nSPS) is 18.0. The zero-order valence-corrected chi connectivity index (χ0v) is 47.4. The zero-order valence-electron chi connectivity index (χ0n) is 47.4. The molecule has 2 aliphatic carbocycles. The molecular weight excluding hydrogens is 1020 g/mol. The summed E-state index contributed by atoms with van der Waals surface area (Å²) in [4.78, 5) is 0. The van der Waals surface area contributed by atoms with Crippen molar-refractivity contribution < 1.29 is 52.1 Å². The standard InChI is InChI=1S/C70H70O11/c1-67(2)43-68(3,4)45-69(44-67)61-11-9-8-10-56(61)64-59-41-58(55-29-28-54(71-5)40-62(55)72-6)63(73-7)42-60(59)66-57(65(64)69)30-31-70(81-66)46-12-16-50(17-13-46)79-52-24-20-48(21-25-52)77-38-36-75-34-32-74-33-35-76-37-39-78-49-22-26-53(27-23-49)80-51-18-14-47(70)15-19-51/h8-31,40-42H,32-39,43-45H2,1-7H3. The topological polar surface area (TPSA) is 102 Å². The molecule has 1 saturated carbocycles. The average Bonchev–Trinajstić information content (AvgIpc) is 1.90. The van der Waals surface area contributed by atoms with Gasteiger partial charge in [0.25, 0.3) is 0 Å². The highest BCUT2D eigenvalue weighted by Gasteiger charge is 2.55. The Hall–Kier alpha value is -7.96. The minimum absolute atomic E-state index is 0.0351. The molecule has 81 heavy (non-hydrogen) atoms. The van der Waals surface area contributed by atoms with E-state index in [9.17, 15) is 0 Å². The van der Waals surface area contributed by atoms with E-state index in [-0.39, 0.29) is 16.2 Å². The summed E-state index contributed by atoms with van der Waals surface area (Å²) in [6.07, 6.45) is 7.67. The van der Waals surface area contributed by atoms with Crippen molar-refractivity contribution >= 4 is 16.8 Å². The molecule has 8 bridgehead atoms. The summed E-state index contributed by atoms with van der Waals surface area (Å²) in [5.74, 6) is 7.00. The van der Waals surface area contributed by atoms with Crippen molar-refractivity contribution in [1.82, 2.24) is 0 Å². The Bertz CT molecular complexity index is 3460. The molecule has 0 aromatic heterocycles. The van der Waals surface area contributed by atoms with E-state index in [0.717, 1.165) is 75.1 Å². The molecule has 7 aliphatic heterocycles. The molecule has 0 amide bonds. The second-order valence-electron chi connectivity index (χ2n) is 23.0. The Morgan fingerprint density at radius 1 is 0.432 bits per heavy atom. The number of methoxy groups -OCH3 is 3. The fraction of sp³-hybridized carbons (Fsp3) is 0.314. The molecule has 1 fully saturated rings. The molecule has 11 nitrogen and oxygen atoms in total. The largest absolute Gasteiger partial charge is 0.497 e. The Kier molecular flexibility index (Phi) is 14.7. The zero-order chi connectivity index (χ0) is 55.8. The van der Waals surface area contributed by atoms with Crippen molar-refractivity contribution in [2.75, 3.05) is 74.2 Å². The predicted octanol–water partition coefficient (Wildman–Crippen LogP) is 15.8. The van der Waals surface area contributed by atoms with E-state index in [0.29, 0.717) is 93.1 Å². The van der Waals surface area contributed by atoms with Crippen LogP contribution in [-0.2, 0) is 25.2 Å². The van der Waals surface area contributed by atoms with Crippen LogP contribution in [0.4, 0.5) is 0 Å². The molecule has 7 heterocycles. The molecular formula is C70H70O11. The van der Waals surface area contributed by atoms with Gasteiger partial charge in [-0.1, -0.05) is 82.3 Å². The van der Waals surface area contributed by atoms with E-state index in [1.54, 1.807) is 21.3 Å². The quantitative estimate of drug-likeness (QED) is 0.168. The molecule has 8 aromatic carbocycles. The number of fused-ring (bicyclic) bond motifs is 12. The van der Waals surface area contributed by atoms with Crippen LogP contribution in [0.1, 0.15) is 74.8 Å². The van der Waals surface area contributed by atoms with Gasteiger partial charge in [-0.25, -0.2) is 0 Å². The summed E-state index contributed by atoms with van der Waals surface area (Å²) in [6.45, 7) is 13.3. The Morgan fingerprint density at radius 2 is 0.926 bits per heavy atom. The molecule has 0 radical (unpaired) electrons. The van der Waals surface area contributed by atoms with Crippen LogP contribution in [0, 0.1) is 10.8 Å². The summed E-state index contributed by atoms with van der Waals surface area (Å²) in [5.41, 5.74) is 8.48. The van der Waals surface area contributed by atoms with Crippen LogP contribution >= 0.6 is 0 Å². The summed E-state index contributed by atoms with van der Waals surface area (Å²) in [6, 6.07) is 51.2. The maximum atomic E-state index is 8.02. The van der Waals surface area contributed by atoms with Gasteiger partial charge in [-0.2, -0.15) is 0 Å². The van der Waals surface area contributed by atoms with Crippen LogP contribution in [0.3, 0.4) is 0 Å². The smallest absolute Gasteiger partial charge is 0.178 e. The van der Waals surface area contributed by atoms with E-state index >= 15 is 0 Å². The van der Waals surface area contributed by atoms with Gasteiger partial charge in [0.05, 0.1) is 61.0 Å². The van der Waals surface area contributed by atoms with Gasteiger partial charge >= 0.3 is 0 Å².